The number of likely N-dealkylation sites (N-methyl/N-ethyl adjacent to an activating group) is 1. The van der Waals surface area contributed by atoms with E-state index < -0.39 is 17.1 Å². The van der Waals surface area contributed by atoms with E-state index in [2.05, 4.69) is 14.1 Å². The van der Waals surface area contributed by atoms with Crippen LogP contribution in [0.2, 0.25) is 0 Å². The first-order chi connectivity index (χ1) is 11.4. The molecule has 0 aromatic heterocycles. The number of likely N-dealkylation sites (tertiary alicyclic amines) is 1. The van der Waals surface area contributed by atoms with Gasteiger partial charge in [0.15, 0.2) is 5.78 Å². The monoisotopic (exact) mass is 457 g/mol. The number of carbonyl (C=O) groups excluding carboxylic acids is 1. The highest BCUT2D eigenvalue weighted by molar-refractivity contribution is 5.95. The molecule has 1 N–H and O–H groups in total. The van der Waals surface area contributed by atoms with E-state index in [0.717, 1.165) is 29.4 Å². The molecule has 5 aliphatic rings. The van der Waals surface area contributed by atoms with Crippen molar-refractivity contribution in [3.8, 4) is 5.75 Å². The van der Waals surface area contributed by atoms with Gasteiger partial charge in [0.25, 0.3) is 0 Å². The molecule has 0 spiro atoms. The largest absolute Gasteiger partial charge is 1.00 e. The number of rotatable bonds is 1. The summed E-state index contributed by atoms with van der Waals surface area (Å²) in [6.07, 6.45) is 1.62. The van der Waals surface area contributed by atoms with E-state index in [0.29, 0.717) is 6.42 Å². The lowest BCUT2D eigenvalue weighted by molar-refractivity contribution is -0.932. The first kappa shape index (κ1) is 17.7. The van der Waals surface area contributed by atoms with E-state index in [1.54, 1.807) is 13.2 Å². The third-order valence-corrected chi connectivity index (χ3v) is 7.38. The molecule has 5 nitrogen and oxygen atoms in total. The number of halogens is 1. The Balaban J connectivity index is 0.00000157. The number of carbonyl (C=O) groups is 1. The van der Waals surface area contributed by atoms with Crippen molar-refractivity contribution >= 4 is 5.78 Å². The van der Waals surface area contributed by atoms with Crippen LogP contribution in [-0.2, 0) is 26.1 Å². The van der Waals surface area contributed by atoms with Gasteiger partial charge in [0.1, 0.15) is 29.6 Å². The number of quaternary nitrogens is 1. The number of phenols is 1. The molecule has 6 heteroatoms. The van der Waals surface area contributed by atoms with Gasteiger partial charge in [0.05, 0.1) is 26.1 Å². The molecule has 1 saturated carbocycles. The van der Waals surface area contributed by atoms with Gasteiger partial charge in [0, 0.05) is 26.4 Å². The van der Waals surface area contributed by atoms with Crippen LogP contribution in [0.25, 0.3) is 0 Å². The summed E-state index contributed by atoms with van der Waals surface area (Å²) >= 11 is 0. The van der Waals surface area contributed by atoms with Crippen molar-refractivity contribution in [3.05, 3.63) is 29.3 Å². The fourth-order valence-corrected chi connectivity index (χ4v) is 6.23. The second-order valence-corrected chi connectivity index (χ2v) is 8.49. The Hall–Kier alpha value is -0.700. The molecule has 3 saturated heterocycles. The molecular formula is C19H24INO4. The van der Waals surface area contributed by atoms with Crippen molar-refractivity contribution < 1.29 is 47.8 Å². The van der Waals surface area contributed by atoms with E-state index in [-0.39, 0.29) is 47.7 Å². The van der Waals surface area contributed by atoms with Crippen molar-refractivity contribution in [2.45, 2.75) is 48.5 Å². The molecule has 2 aliphatic carbocycles. The number of hydrogen-bond donors (Lipinski definition) is 1. The molecule has 3 heterocycles. The van der Waals surface area contributed by atoms with E-state index in [4.69, 9.17) is 9.47 Å². The van der Waals surface area contributed by atoms with Crippen molar-refractivity contribution in [3.63, 3.8) is 0 Å². The number of Topliss-reactive ketones (excluding diaryl/α,β-unsaturated/α-hetero) is 1. The van der Waals surface area contributed by atoms with Crippen LogP contribution in [0.15, 0.2) is 18.2 Å². The molecular weight excluding hydrogens is 433 g/mol. The molecule has 3 aliphatic heterocycles. The number of fused-ring (bicyclic) bond motifs is 1. The zero-order valence-electron chi connectivity index (χ0n) is 14.8. The molecule has 6 rings (SSSR count). The minimum atomic E-state index is -0.474. The number of ether oxygens (including phenoxy) is 2. The summed E-state index contributed by atoms with van der Waals surface area (Å²) in [7, 11) is 6.32. The highest BCUT2D eigenvalue weighted by Crippen LogP contribution is 2.64. The Morgan fingerprint density at radius 1 is 1.36 bits per heavy atom. The van der Waals surface area contributed by atoms with Gasteiger partial charge in [-0.2, -0.15) is 0 Å². The number of ketones is 1. The number of aromatic hydroxyl groups is 1. The summed E-state index contributed by atoms with van der Waals surface area (Å²) in [5.41, 5.74) is 1.41. The molecule has 1 aromatic rings. The topological polar surface area (TPSA) is 55.8 Å². The SMILES string of the molecule is CO[C@@]12CC3O[C@@H](C3=O)[C@@]13CC[N+](C)(C)[C@@H]2Cc1ccc(O)cc13.[I-]. The molecule has 4 fully saturated rings. The highest BCUT2D eigenvalue weighted by atomic mass is 127. The second-order valence-electron chi connectivity index (χ2n) is 8.49. The number of benzene rings is 1. The predicted molar refractivity (Wildman–Crippen MR) is 86.9 cm³/mol. The van der Waals surface area contributed by atoms with Gasteiger partial charge in [-0.3, -0.25) is 4.79 Å². The van der Waals surface area contributed by atoms with Crippen LogP contribution in [0, 0.1) is 0 Å². The van der Waals surface area contributed by atoms with Crippen LogP contribution in [0.3, 0.4) is 0 Å². The fraction of sp³-hybridized carbons (Fsp3) is 0.632. The molecule has 4 bridgehead atoms. The summed E-state index contributed by atoms with van der Waals surface area (Å²) < 4.78 is 13.2. The highest BCUT2D eigenvalue weighted by Gasteiger charge is 2.78. The minimum Gasteiger partial charge on any atom is -1.00 e. The van der Waals surface area contributed by atoms with Gasteiger partial charge in [0.2, 0.25) is 0 Å². The second kappa shape index (κ2) is 5.18. The Labute approximate surface area is 164 Å². The zero-order chi connectivity index (χ0) is 16.9. The van der Waals surface area contributed by atoms with Crippen molar-refractivity contribution in [2.24, 2.45) is 0 Å². The number of nitrogens with zero attached hydrogens (tertiary/aromatic N) is 1. The van der Waals surface area contributed by atoms with Crippen molar-refractivity contribution in [1.29, 1.82) is 0 Å². The minimum absolute atomic E-state index is 0. The standard InChI is InChI=1S/C19H23NO4.HI/c1-20(2)7-6-18-13-9-12(21)5-4-11(13)8-15(20)19(18,23-3)10-14-16(22)17(18)24-14;/h4-5,9,14-15,17H,6-8,10H2,1-3H3;1H/t14?,15-,17+,18+,19-;/m1./s1. The van der Waals surface area contributed by atoms with Crippen LogP contribution in [0.5, 0.6) is 5.75 Å². The Morgan fingerprint density at radius 2 is 2.12 bits per heavy atom. The Morgan fingerprint density at radius 3 is 2.80 bits per heavy atom. The first-order valence-electron chi connectivity index (χ1n) is 8.75. The normalized spacial score (nSPS) is 42.5. The maximum atomic E-state index is 12.7. The maximum absolute atomic E-state index is 12.7. The summed E-state index contributed by atoms with van der Waals surface area (Å²) in [4.78, 5) is 12.7. The first-order valence-corrected chi connectivity index (χ1v) is 8.75. The van der Waals surface area contributed by atoms with Gasteiger partial charge in [-0.1, -0.05) is 6.07 Å². The molecule has 5 atom stereocenters. The number of piperidine rings is 1. The Bertz CT molecular complexity index is 766. The third-order valence-electron chi connectivity index (χ3n) is 7.38. The Kier molecular flexibility index (Phi) is 3.67. The lowest BCUT2D eigenvalue weighted by Gasteiger charge is -2.70. The van der Waals surface area contributed by atoms with Gasteiger partial charge >= 0.3 is 0 Å². The van der Waals surface area contributed by atoms with Gasteiger partial charge in [-0.15, -0.1) is 0 Å². The summed E-state index contributed by atoms with van der Waals surface area (Å²) in [6, 6.07) is 5.90. The zero-order valence-corrected chi connectivity index (χ0v) is 16.9. The molecule has 1 aromatic carbocycles. The molecule has 0 radical (unpaired) electrons. The van der Waals surface area contributed by atoms with E-state index in [1.807, 2.05) is 12.1 Å². The van der Waals surface area contributed by atoms with Crippen molar-refractivity contribution in [1.82, 2.24) is 0 Å². The van der Waals surface area contributed by atoms with Gasteiger partial charge in [-0.25, -0.2) is 0 Å². The van der Waals surface area contributed by atoms with E-state index in [9.17, 15) is 9.90 Å². The third kappa shape index (κ3) is 1.82. The quantitative estimate of drug-likeness (QED) is 0.398. The fourth-order valence-electron chi connectivity index (χ4n) is 6.23. The molecule has 0 amide bonds. The average molecular weight is 457 g/mol. The summed E-state index contributed by atoms with van der Waals surface area (Å²) in [5, 5.41) is 10.1. The van der Waals surface area contributed by atoms with Crippen LogP contribution >= 0.6 is 0 Å². The average Bonchev–Trinajstić information content (AvgIpc) is 2.57. The van der Waals surface area contributed by atoms with Crippen LogP contribution in [-0.4, -0.2) is 67.0 Å². The number of methoxy groups -OCH3 is 1. The predicted octanol–water partition coefficient (Wildman–Crippen LogP) is -1.84. The van der Waals surface area contributed by atoms with E-state index >= 15 is 0 Å². The summed E-state index contributed by atoms with van der Waals surface area (Å²) in [5.74, 6) is 0.463. The number of phenolic OH excluding ortho intramolecular Hbond substituents is 1. The lowest BCUT2D eigenvalue weighted by Crippen LogP contribution is -3.00. The maximum Gasteiger partial charge on any atom is 0.191 e. The van der Waals surface area contributed by atoms with Crippen LogP contribution in [0.4, 0.5) is 0 Å². The molecule has 136 valence electrons. The lowest BCUT2D eigenvalue weighted by atomic mass is 9.45. The van der Waals surface area contributed by atoms with E-state index in [1.165, 1.54) is 5.56 Å². The molecule has 25 heavy (non-hydrogen) atoms. The number of hydrogen-bond acceptors (Lipinski definition) is 4. The smallest absolute Gasteiger partial charge is 0.191 e. The van der Waals surface area contributed by atoms with Crippen LogP contribution in [0.1, 0.15) is 24.0 Å². The van der Waals surface area contributed by atoms with Gasteiger partial charge in [-0.05, 0) is 23.3 Å². The van der Waals surface area contributed by atoms with Crippen LogP contribution < -0.4 is 24.0 Å². The van der Waals surface area contributed by atoms with Gasteiger partial charge < -0.3 is 43.0 Å². The van der Waals surface area contributed by atoms with Crippen molar-refractivity contribution in [2.75, 3.05) is 27.7 Å². The molecule has 1 unspecified atom stereocenters. The summed E-state index contributed by atoms with van der Waals surface area (Å²) in [6.45, 7) is 0.975.